The van der Waals surface area contributed by atoms with Gasteiger partial charge in [-0.15, -0.1) is 24.0 Å². The summed E-state index contributed by atoms with van der Waals surface area (Å²) in [5, 5.41) is 10.6. The monoisotopic (exact) mass is 493 g/mol. The summed E-state index contributed by atoms with van der Waals surface area (Å²) in [7, 11) is 0. The highest BCUT2D eigenvalue weighted by Crippen LogP contribution is 2.20. The maximum Gasteiger partial charge on any atom is 0.228 e. The number of nitrogens with one attached hydrogen (secondary N) is 2. The first-order valence-corrected chi connectivity index (χ1v) is 10.1. The fourth-order valence-corrected chi connectivity index (χ4v) is 2.97. The fourth-order valence-electron chi connectivity index (χ4n) is 2.97. The van der Waals surface area contributed by atoms with Crippen molar-refractivity contribution in [3.05, 3.63) is 11.7 Å². The third-order valence-electron chi connectivity index (χ3n) is 4.45. The molecule has 0 aromatic carbocycles. The molecule has 2 rings (SSSR count). The molecule has 1 aliphatic rings. The summed E-state index contributed by atoms with van der Waals surface area (Å²) in [6.45, 7) is 9.29. The van der Waals surface area contributed by atoms with Crippen LogP contribution < -0.4 is 10.6 Å². The standard InChI is InChI=1S/C19H35N5O2.HI/c1-4-20-19(21-12-8-14-25-16-9-6-5-7-10-16)22-13-11-17-23-18(15(2)3)24-26-17;/h15-16H,4-14H2,1-3H3,(H2,20,21,22);1H. The van der Waals surface area contributed by atoms with Crippen LogP contribution in [0.25, 0.3) is 0 Å². The number of ether oxygens (including phenoxy) is 1. The van der Waals surface area contributed by atoms with Crippen LogP contribution in [0.1, 0.15) is 76.9 Å². The molecule has 0 aliphatic heterocycles. The minimum Gasteiger partial charge on any atom is -0.378 e. The average Bonchev–Trinajstić information content (AvgIpc) is 3.11. The number of guanidine groups is 1. The van der Waals surface area contributed by atoms with Gasteiger partial charge < -0.3 is 19.9 Å². The molecule has 1 aliphatic carbocycles. The first kappa shape index (κ1) is 24.1. The Morgan fingerprint density at radius 3 is 2.70 bits per heavy atom. The maximum atomic E-state index is 5.95. The minimum absolute atomic E-state index is 0. The van der Waals surface area contributed by atoms with Crippen molar-refractivity contribution in [2.24, 2.45) is 4.99 Å². The van der Waals surface area contributed by atoms with Crippen LogP contribution in [-0.4, -0.2) is 48.4 Å². The molecule has 0 bridgehead atoms. The van der Waals surface area contributed by atoms with E-state index in [2.05, 4.69) is 46.5 Å². The highest BCUT2D eigenvalue weighted by Gasteiger charge is 2.13. The van der Waals surface area contributed by atoms with Crippen molar-refractivity contribution in [3.8, 4) is 0 Å². The van der Waals surface area contributed by atoms with Crippen LogP contribution in [-0.2, 0) is 11.2 Å². The van der Waals surface area contributed by atoms with E-state index in [1.807, 2.05) is 0 Å². The number of hydrogen-bond donors (Lipinski definition) is 2. The van der Waals surface area contributed by atoms with Crippen molar-refractivity contribution in [3.63, 3.8) is 0 Å². The largest absolute Gasteiger partial charge is 0.378 e. The number of aliphatic imine (C=N–C) groups is 1. The Hall–Kier alpha value is -0.900. The van der Waals surface area contributed by atoms with E-state index in [0.29, 0.717) is 25.0 Å². The van der Waals surface area contributed by atoms with Crippen LogP contribution in [0, 0.1) is 0 Å². The summed E-state index contributed by atoms with van der Waals surface area (Å²) >= 11 is 0. The molecule has 8 heteroatoms. The number of nitrogens with zero attached hydrogens (tertiary/aromatic N) is 3. The molecule has 0 saturated heterocycles. The van der Waals surface area contributed by atoms with E-state index >= 15 is 0 Å². The third-order valence-corrected chi connectivity index (χ3v) is 4.45. The number of hydrogen-bond acceptors (Lipinski definition) is 5. The van der Waals surface area contributed by atoms with E-state index in [-0.39, 0.29) is 29.9 Å². The van der Waals surface area contributed by atoms with Gasteiger partial charge in [-0.05, 0) is 26.2 Å². The highest BCUT2D eigenvalue weighted by atomic mass is 127. The Kier molecular flexibility index (Phi) is 12.6. The van der Waals surface area contributed by atoms with Crippen molar-refractivity contribution in [1.82, 2.24) is 20.8 Å². The molecule has 7 nitrogen and oxygen atoms in total. The van der Waals surface area contributed by atoms with E-state index in [1.165, 1.54) is 32.1 Å². The van der Waals surface area contributed by atoms with E-state index < -0.39 is 0 Å². The van der Waals surface area contributed by atoms with Gasteiger partial charge in [0.2, 0.25) is 5.89 Å². The zero-order valence-corrected chi connectivity index (χ0v) is 19.3. The summed E-state index contributed by atoms with van der Waals surface area (Å²) in [4.78, 5) is 9.00. The van der Waals surface area contributed by atoms with Crippen LogP contribution in [0.15, 0.2) is 9.52 Å². The van der Waals surface area contributed by atoms with Crippen LogP contribution in [0.3, 0.4) is 0 Å². The average molecular weight is 493 g/mol. The second kappa shape index (κ2) is 14.1. The molecule has 1 heterocycles. The lowest BCUT2D eigenvalue weighted by Gasteiger charge is -2.21. The SMILES string of the molecule is CCNC(=NCCCOC1CCCCC1)NCCc1nc(C(C)C)no1.I. The summed E-state index contributed by atoms with van der Waals surface area (Å²) < 4.78 is 11.2. The molecule has 0 spiro atoms. The molecule has 156 valence electrons. The minimum atomic E-state index is 0. The smallest absolute Gasteiger partial charge is 0.228 e. The van der Waals surface area contributed by atoms with E-state index in [0.717, 1.165) is 37.9 Å². The van der Waals surface area contributed by atoms with Gasteiger partial charge in [0.15, 0.2) is 11.8 Å². The van der Waals surface area contributed by atoms with E-state index in [9.17, 15) is 0 Å². The Morgan fingerprint density at radius 1 is 1.26 bits per heavy atom. The Bertz CT molecular complexity index is 530. The van der Waals surface area contributed by atoms with Gasteiger partial charge >= 0.3 is 0 Å². The normalized spacial score (nSPS) is 15.6. The second-order valence-electron chi connectivity index (χ2n) is 7.12. The lowest BCUT2D eigenvalue weighted by Crippen LogP contribution is -2.38. The molecule has 0 atom stereocenters. The molecule has 27 heavy (non-hydrogen) atoms. The van der Waals surface area contributed by atoms with Gasteiger partial charge in [-0.1, -0.05) is 38.3 Å². The van der Waals surface area contributed by atoms with Gasteiger partial charge in [-0.2, -0.15) is 4.98 Å². The zero-order chi connectivity index (χ0) is 18.6. The molecule has 2 N–H and O–H groups in total. The highest BCUT2D eigenvalue weighted by molar-refractivity contribution is 14.0. The summed E-state index contributed by atoms with van der Waals surface area (Å²) in [6.07, 6.45) is 8.56. The molecule has 1 fully saturated rings. The fraction of sp³-hybridized carbons (Fsp3) is 0.842. The molecule has 0 amide bonds. The van der Waals surface area contributed by atoms with E-state index in [4.69, 9.17) is 9.26 Å². The number of halogens is 1. The topological polar surface area (TPSA) is 84.6 Å². The quantitative estimate of drug-likeness (QED) is 0.224. The van der Waals surface area contributed by atoms with Crippen molar-refractivity contribution in [1.29, 1.82) is 0 Å². The summed E-state index contributed by atoms with van der Waals surface area (Å²) in [5.74, 6) is 2.54. The second-order valence-corrected chi connectivity index (χ2v) is 7.12. The predicted octanol–water partition coefficient (Wildman–Crippen LogP) is 3.65. The molecule has 1 aromatic rings. The van der Waals surface area contributed by atoms with Crippen molar-refractivity contribution in [2.45, 2.75) is 77.7 Å². The molecular formula is C19H36IN5O2. The summed E-state index contributed by atoms with van der Waals surface area (Å²) in [6, 6.07) is 0. The van der Waals surface area contributed by atoms with Gasteiger partial charge in [-0.25, -0.2) is 0 Å². The van der Waals surface area contributed by atoms with Crippen LogP contribution >= 0.6 is 24.0 Å². The van der Waals surface area contributed by atoms with Crippen LogP contribution in [0.5, 0.6) is 0 Å². The van der Waals surface area contributed by atoms with Gasteiger partial charge in [0, 0.05) is 38.6 Å². The number of rotatable bonds is 10. The van der Waals surface area contributed by atoms with Crippen molar-refractivity contribution >= 4 is 29.9 Å². The van der Waals surface area contributed by atoms with Crippen LogP contribution in [0.4, 0.5) is 0 Å². The van der Waals surface area contributed by atoms with Crippen molar-refractivity contribution < 1.29 is 9.26 Å². The molecular weight excluding hydrogens is 457 g/mol. The lowest BCUT2D eigenvalue weighted by molar-refractivity contribution is 0.0281. The number of aromatic nitrogens is 2. The zero-order valence-electron chi connectivity index (χ0n) is 17.0. The van der Waals surface area contributed by atoms with Gasteiger partial charge in [-0.3, -0.25) is 4.99 Å². The van der Waals surface area contributed by atoms with Crippen molar-refractivity contribution in [2.75, 3.05) is 26.2 Å². The van der Waals surface area contributed by atoms with Gasteiger partial charge in [0.1, 0.15) is 0 Å². The lowest BCUT2D eigenvalue weighted by atomic mass is 9.98. The Morgan fingerprint density at radius 2 is 2.04 bits per heavy atom. The third kappa shape index (κ3) is 9.73. The molecule has 0 unspecified atom stereocenters. The van der Waals surface area contributed by atoms with E-state index in [1.54, 1.807) is 0 Å². The van der Waals surface area contributed by atoms with Crippen LogP contribution in [0.2, 0.25) is 0 Å². The maximum absolute atomic E-state index is 5.95. The molecule has 1 saturated carbocycles. The van der Waals surface area contributed by atoms with Gasteiger partial charge in [0.25, 0.3) is 0 Å². The van der Waals surface area contributed by atoms with Gasteiger partial charge in [0.05, 0.1) is 6.10 Å². The Labute approximate surface area is 180 Å². The molecule has 1 aromatic heterocycles. The Balaban J connectivity index is 0.00000364. The first-order valence-electron chi connectivity index (χ1n) is 10.1. The predicted molar refractivity (Wildman–Crippen MR) is 119 cm³/mol. The molecule has 0 radical (unpaired) electrons. The first-order chi connectivity index (χ1) is 12.7. The summed E-state index contributed by atoms with van der Waals surface area (Å²) in [5.41, 5.74) is 0.